The van der Waals surface area contributed by atoms with Crippen molar-refractivity contribution in [2.45, 2.75) is 12.5 Å². The summed E-state index contributed by atoms with van der Waals surface area (Å²) in [4.78, 5) is 23.1. The van der Waals surface area contributed by atoms with Gasteiger partial charge in [-0.25, -0.2) is 9.37 Å². The topological polar surface area (TPSA) is 50.6 Å². The zero-order chi connectivity index (χ0) is 23.1. The number of ether oxygens (including phenoxy) is 1. The molecular formula is C25H26ClFN4O2S. The maximum Gasteiger partial charge on any atom is 0.273 e. The average molecular weight is 501 g/mol. The van der Waals surface area contributed by atoms with Crippen LogP contribution < -0.4 is 15.2 Å². The Hall–Kier alpha value is -2.94. The maximum absolute atomic E-state index is 14.6. The lowest BCUT2D eigenvalue weighted by molar-refractivity contribution is 0.315. The number of fused-ring (bicyclic) bond motifs is 1. The molecule has 1 atom stereocenters. The molecule has 0 N–H and O–H groups in total. The van der Waals surface area contributed by atoms with E-state index in [1.54, 1.807) is 29.1 Å². The molecule has 1 aromatic carbocycles. The van der Waals surface area contributed by atoms with Gasteiger partial charge in [0, 0.05) is 47.2 Å². The SMILES string of the molecule is COc1ccc(-c2cc3ccn(-c4ccc(N5CCC(N(C)C)C5)nc4)c(=O)c3s2)c(F)c1.Cl. The molecule has 0 amide bonds. The molecule has 1 aliphatic rings. The van der Waals surface area contributed by atoms with Gasteiger partial charge in [-0.15, -0.1) is 23.7 Å². The lowest BCUT2D eigenvalue weighted by Crippen LogP contribution is -2.31. The molecule has 1 fully saturated rings. The van der Waals surface area contributed by atoms with Crippen LogP contribution in [0.3, 0.4) is 0 Å². The highest BCUT2D eigenvalue weighted by Crippen LogP contribution is 2.34. The first-order valence-electron chi connectivity index (χ1n) is 10.8. The van der Waals surface area contributed by atoms with Gasteiger partial charge in [0.05, 0.1) is 19.0 Å². The number of methoxy groups -OCH3 is 1. The van der Waals surface area contributed by atoms with Crippen LogP contribution in [-0.4, -0.2) is 54.8 Å². The van der Waals surface area contributed by atoms with Gasteiger partial charge in [0.1, 0.15) is 22.1 Å². The Bertz CT molecular complexity index is 1370. The number of nitrogens with zero attached hydrogens (tertiary/aromatic N) is 4. The molecule has 1 unspecified atom stereocenters. The number of hydrogen-bond donors (Lipinski definition) is 0. The van der Waals surface area contributed by atoms with Crippen LogP contribution in [0.2, 0.25) is 0 Å². The summed E-state index contributed by atoms with van der Waals surface area (Å²) in [5, 5.41) is 0.794. The minimum Gasteiger partial charge on any atom is -0.497 e. The minimum absolute atomic E-state index is 0. The van der Waals surface area contributed by atoms with Crippen LogP contribution in [0.25, 0.3) is 26.2 Å². The fourth-order valence-electron chi connectivity index (χ4n) is 4.27. The number of benzene rings is 1. The average Bonchev–Trinajstić information content (AvgIpc) is 3.48. The van der Waals surface area contributed by atoms with E-state index in [1.165, 1.54) is 24.5 Å². The van der Waals surface area contributed by atoms with Crippen LogP contribution in [0.1, 0.15) is 6.42 Å². The van der Waals surface area contributed by atoms with Crippen molar-refractivity contribution in [2.75, 3.05) is 39.2 Å². The van der Waals surface area contributed by atoms with Crippen LogP contribution >= 0.6 is 23.7 Å². The fraction of sp³-hybridized carbons (Fsp3) is 0.280. The number of aromatic nitrogens is 2. The van der Waals surface area contributed by atoms with Gasteiger partial charge in [-0.1, -0.05) is 0 Å². The van der Waals surface area contributed by atoms with E-state index >= 15 is 0 Å². The predicted molar refractivity (Wildman–Crippen MR) is 139 cm³/mol. The highest BCUT2D eigenvalue weighted by molar-refractivity contribution is 7.22. The Kier molecular flexibility index (Phi) is 6.93. The Balaban J connectivity index is 0.00000274. The van der Waals surface area contributed by atoms with Gasteiger partial charge in [-0.2, -0.15) is 0 Å². The molecule has 0 spiro atoms. The van der Waals surface area contributed by atoms with Crippen LogP contribution in [0.4, 0.5) is 10.2 Å². The lowest BCUT2D eigenvalue weighted by Gasteiger charge is -2.21. The van der Waals surface area contributed by atoms with E-state index in [0.29, 0.717) is 32.6 Å². The predicted octanol–water partition coefficient (Wildman–Crippen LogP) is 4.82. The highest BCUT2D eigenvalue weighted by atomic mass is 35.5. The summed E-state index contributed by atoms with van der Waals surface area (Å²) >= 11 is 1.29. The van der Waals surface area contributed by atoms with Crippen molar-refractivity contribution >= 4 is 39.6 Å². The van der Waals surface area contributed by atoms with E-state index in [1.807, 2.05) is 24.3 Å². The van der Waals surface area contributed by atoms with Crippen LogP contribution in [0.5, 0.6) is 5.75 Å². The van der Waals surface area contributed by atoms with E-state index in [2.05, 4.69) is 28.9 Å². The normalized spacial score (nSPS) is 15.7. The second kappa shape index (κ2) is 9.74. The van der Waals surface area contributed by atoms with Gasteiger partial charge < -0.3 is 14.5 Å². The van der Waals surface area contributed by atoms with Gasteiger partial charge in [-0.05, 0) is 56.9 Å². The summed E-state index contributed by atoms with van der Waals surface area (Å²) in [6.07, 6.45) is 4.60. The van der Waals surface area contributed by atoms with Crippen molar-refractivity contribution < 1.29 is 9.13 Å². The van der Waals surface area contributed by atoms with Gasteiger partial charge in [0.2, 0.25) is 0 Å². The Morgan fingerprint density at radius 2 is 2.00 bits per heavy atom. The zero-order valence-electron chi connectivity index (χ0n) is 19.2. The first-order valence-corrected chi connectivity index (χ1v) is 11.6. The highest BCUT2D eigenvalue weighted by Gasteiger charge is 2.24. The molecule has 0 bridgehead atoms. The number of hydrogen-bond acceptors (Lipinski definition) is 6. The van der Waals surface area contributed by atoms with Crippen molar-refractivity contribution in [2.24, 2.45) is 0 Å². The Morgan fingerprint density at radius 3 is 2.65 bits per heavy atom. The van der Waals surface area contributed by atoms with Crippen LogP contribution in [0, 0.1) is 5.82 Å². The molecule has 0 aliphatic carbocycles. The fourth-order valence-corrected chi connectivity index (χ4v) is 5.38. The summed E-state index contributed by atoms with van der Waals surface area (Å²) in [7, 11) is 5.71. The first-order chi connectivity index (χ1) is 15.9. The molecule has 9 heteroatoms. The van der Waals surface area contributed by atoms with Crippen molar-refractivity contribution in [3.8, 4) is 21.9 Å². The molecule has 0 saturated carbocycles. The van der Waals surface area contributed by atoms with E-state index in [9.17, 15) is 9.18 Å². The third-order valence-corrected chi connectivity index (χ3v) is 7.42. The van der Waals surface area contributed by atoms with Gasteiger partial charge >= 0.3 is 0 Å². The summed E-state index contributed by atoms with van der Waals surface area (Å²) in [6, 6.07) is 12.9. The molecule has 4 heterocycles. The van der Waals surface area contributed by atoms with E-state index < -0.39 is 0 Å². The van der Waals surface area contributed by atoms with Gasteiger partial charge in [0.15, 0.2) is 0 Å². The first kappa shape index (κ1) is 24.2. The largest absolute Gasteiger partial charge is 0.497 e. The number of likely N-dealkylation sites (N-methyl/N-ethyl adjacent to an activating group) is 1. The van der Waals surface area contributed by atoms with E-state index in [0.717, 1.165) is 30.7 Å². The smallest absolute Gasteiger partial charge is 0.273 e. The quantitative estimate of drug-likeness (QED) is 0.393. The van der Waals surface area contributed by atoms with Gasteiger partial charge in [-0.3, -0.25) is 9.36 Å². The summed E-state index contributed by atoms with van der Waals surface area (Å²) < 4.78 is 21.8. The van der Waals surface area contributed by atoms with Crippen LogP contribution in [0.15, 0.2) is 59.7 Å². The second-order valence-electron chi connectivity index (χ2n) is 8.46. The number of halogens is 2. The molecule has 178 valence electrons. The van der Waals surface area contributed by atoms with Crippen molar-refractivity contribution in [3.05, 3.63) is 71.0 Å². The van der Waals surface area contributed by atoms with Crippen molar-refractivity contribution in [3.63, 3.8) is 0 Å². The van der Waals surface area contributed by atoms with Crippen molar-refractivity contribution in [1.82, 2.24) is 14.5 Å². The molecular weight excluding hydrogens is 475 g/mol. The van der Waals surface area contributed by atoms with E-state index in [4.69, 9.17) is 4.74 Å². The third kappa shape index (κ3) is 4.41. The number of pyridine rings is 2. The Labute approximate surface area is 207 Å². The molecule has 1 aliphatic heterocycles. The summed E-state index contributed by atoms with van der Waals surface area (Å²) in [6.45, 7) is 1.92. The molecule has 34 heavy (non-hydrogen) atoms. The standard InChI is InChI=1S/C25H25FN4O2S.ClH/c1-28(2)18-9-10-29(15-18)23-7-4-17(14-27-23)30-11-8-16-12-22(33-24(16)25(30)31)20-6-5-19(32-3)13-21(20)26;/h4-8,11-14,18H,9-10,15H2,1-3H3;1H. The monoisotopic (exact) mass is 500 g/mol. The van der Waals surface area contributed by atoms with Gasteiger partial charge in [0.25, 0.3) is 5.56 Å². The molecule has 1 saturated heterocycles. The van der Waals surface area contributed by atoms with E-state index in [-0.39, 0.29) is 23.8 Å². The number of anilines is 1. The molecule has 3 aromatic heterocycles. The minimum atomic E-state index is -0.376. The zero-order valence-corrected chi connectivity index (χ0v) is 20.8. The summed E-state index contributed by atoms with van der Waals surface area (Å²) in [5.74, 6) is 1.01. The van der Waals surface area contributed by atoms with Crippen molar-refractivity contribution in [1.29, 1.82) is 0 Å². The molecule has 4 aromatic rings. The molecule has 6 nitrogen and oxygen atoms in total. The second-order valence-corrected chi connectivity index (χ2v) is 9.51. The summed E-state index contributed by atoms with van der Waals surface area (Å²) in [5.41, 5.74) is 1.02. The number of thiophene rings is 1. The van der Waals surface area contributed by atoms with Crippen LogP contribution in [-0.2, 0) is 0 Å². The lowest BCUT2D eigenvalue weighted by atomic mass is 10.1. The maximum atomic E-state index is 14.6. The molecule has 0 radical (unpaired) electrons. The Morgan fingerprint density at radius 1 is 1.18 bits per heavy atom. The molecule has 5 rings (SSSR count). The number of rotatable bonds is 5. The third-order valence-electron chi connectivity index (χ3n) is 6.25.